The maximum Gasteiger partial charge on any atom is 0.410 e. The van der Waals surface area contributed by atoms with Crippen molar-refractivity contribution < 1.29 is 19.0 Å². The number of likely N-dealkylation sites (N-methyl/N-ethyl adjacent to an activating group) is 1. The maximum atomic E-state index is 12.4. The molecule has 0 bridgehead atoms. The lowest BCUT2D eigenvalue weighted by Gasteiger charge is -2.43. The van der Waals surface area contributed by atoms with Gasteiger partial charge in [0, 0.05) is 81.6 Å². The number of nitrogens with one attached hydrogen (secondary N) is 2. The molecule has 0 radical (unpaired) electrons. The first-order valence-corrected chi connectivity index (χ1v) is 16.2. The fraction of sp³-hybridized carbons (Fsp3) is 0.486. The molecule has 2 saturated heterocycles. The van der Waals surface area contributed by atoms with Crippen LogP contribution in [0.2, 0.25) is 0 Å². The van der Waals surface area contributed by atoms with Crippen LogP contribution >= 0.6 is 0 Å². The number of carbonyl (C=O) groups excluding carboxylic acids is 1. The van der Waals surface area contributed by atoms with Gasteiger partial charge in [0.2, 0.25) is 5.95 Å². The van der Waals surface area contributed by atoms with Crippen LogP contribution in [0.4, 0.5) is 22.1 Å². The molecule has 0 unspecified atom stereocenters. The normalized spacial score (nSPS) is 16.0. The summed E-state index contributed by atoms with van der Waals surface area (Å²) in [6.45, 7) is 11.9. The molecular weight excluding hydrogens is 596 g/mol. The van der Waals surface area contributed by atoms with Crippen LogP contribution in [0.1, 0.15) is 39.2 Å². The molecule has 2 aliphatic heterocycles. The van der Waals surface area contributed by atoms with Crippen molar-refractivity contribution in [1.82, 2.24) is 25.1 Å². The van der Waals surface area contributed by atoms with E-state index in [0.29, 0.717) is 55.3 Å². The van der Waals surface area contributed by atoms with Crippen LogP contribution in [0.15, 0.2) is 48.8 Å². The van der Waals surface area contributed by atoms with E-state index in [2.05, 4.69) is 48.6 Å². The van der Waals surface area contributed by atoms with Crippen LogP contribution in [0.5, 0.6) is 11.5 Å². The van der Waals surface area contributed by atoms with Crippen LogP contribution < -0.4 is 25.0 Å². The van der Waals surface area contributed by atoms with E-state index in [1.807, 2.05) is 50.9 Å². The molecule has 250 valence electrons. The molecular formula is C35H46N8O4. The van der Waals surface area contributed by atoms with Gasteiger partial charge in [0.1, 0.15) is 29.8 Å². The molecule has 47 heavy (non-hydrogen) atoms. The Balaban J connectivity index is 1.15. The molecule has 0 aliphatic carbocycles. The third kappa shape index (κ3) is 8.81. The first-order valence-electron chi connectivity index (χ1n) is 16.2. The van der Waals surface area contributed by atoms with Crippen LogP contribution in [0.3, 0.4) is 0 Å². The Morgan fingerprint density at radius 1 is 0.979 bits per heavy atom. The van der Waals surface area contributed by atoms with Crippen molar-refractivity contribution in [2.24, 2.45) is 0 Å². The van der Waals surface area contributed by atoms with Crippen LogP contribution in [0.25, 0.3) is 11.1 Å². The summed E-state index contributed by atoms with van der Waals surface area (Å²) in [7, 11) is 3.52. The van der Waals surface area contributed by atoms with Gasteiger partial charge in [-0.1, -0.05) is 6.07 Å². The van der Waals surface area contributed by atoms with Gasteiger partial charge in [0.25, 0.3) is 0 Å². The minimum Gasteiger partial charge on any atom is -0.494 e. The molecule has 2 fully saturated rings. The molecule has 3 aromatic rings. The third-order valence-corrected chi connectivity index (χ3v) is 8.44. The van der Waals surface area contributed by atoms with Crippen molar-refractivity contribution in [2.45, 2.75) is 45.3 Å². The second kappa shape index (κ2) is 15.3. The number of benzene rings is 2. The number of piperazine rings is 1. The zero-order valence-corrected chi connectivity index (χ0v) is 28.1. The van der Waals surface area contributed by atoms with Crippen molar-refractivity contribution in [1.29, 1.82) is 5.26 Å². The number of anilines is 3. The summed E-state index contributed by atoms with van der Waals surface area (Å²) in [5.41, 5.74) is 3.58. The van der Waals surface area contributed by atoms with Crippen LogP contribution in [-0.4, -0.2) is 104 Å². The van der Waals surface area contributed by atoms with Gasteiger partial charge in [-0.2, -0.15) is 5.26 Å². The Kier molecular flexibility index (Phi) is 11.0. The Morgan fingerprint density at radius 3 is 2.34 bits per heavy atom. The van der Waals surface area contributed by atoms with Gasteiger partial charge in [-0.05, 0) is 70.5 Å². The number of nitrogens with zero attached hydrogens (tertiary/aromatic N) is 6. The Hall–Kier alpha value is -4.60. The fourth-order valence-corrected chi connectivity index (χ4v) is 5.90. The van der Waals surface area contributed by atoms with E-state index >= 15 is 0 Å². The predicted molar refractivity (Wildman–Crippen MR) is 182 cm³/mol. The van der Waals surface area contributed by atoms with E-state index in [9.17, 15) is 10.1 Å². The van der Waals surface area contributed by atoms with Crippen molar-refractivity contribution in [3.05, 3.63) is 54.4 Å². The Bertz CT molecular complexity index is 1540. The number of amides is 1. The summed E-state index contributed by atoms with van der Waals surface area (Å²) < 4.78 is 17.1. The largest absolute Gasteiger partial charge is 0.494 e. The summed E-state index contributed by atoms with van der Waals surface area (Å²) in [4.78, 5) is 28.3. The molecule has 3 heterocycles. The number of methoxy groups -OCH3 is 1. The van der Waals surface area contributed by atoms with E-state index in [0.717, 1.165) is 61.5 Å². The molecule has 12 heteroatoms. The van der Waals surface area contributed by atoms with E-state index in [1.165, 1.54) is 0 Å². The number of piperidine rings is 1. The highest BCUT2D eigenvalue weighted by Crippen LogP contribution is 2.34. The lowest BCUT2D eigenvalue weighted by atomic mass is 10.0. The zero-order valence-electron chi connectivity index (χ0n) is 28.1. The maximum absolute atomic E-state index is 12.4. The summed E-state index contributed by atoms with van der Waals surface area (Å²) in [5.74, 6) is 1.70. The van der Waals surface area contributed by atoms with Gasteiger partial charge in [-0.15, -0.1) is 0 Å². The number of carbonyl (C=O) groups is 1. The highest BCUT2D eigenvalue weighted by molar-refractivity contribution is 5.70. The van der Waals surface area contributed by atoms with Gasteiger partial charge in [0.15, 0.2) is 0 Å². The quantitative estimate of drug-likeness (QED) is 0.294. The highest BCUT2D eigenvalue weighted by Gasteiger charge is 2.31. The molecule has 2 N–H and O–H groups in total. The summed E-state index contributed by atoms with van der Waals surface area (Å²) >= 11 is 0. The molecule has 12 nitrogen and oxygen atoms in total. The first kappa shape index (κ1) is 33.8. The van der Waals surface area contributed by atoms with Crippen LogP contribution in [-0.2, 0) is 4.74 Å². The first-order chi connectivity index (χ1) is 22.7. The monoisotopic (exact) mass is 642 g/mol. The predicted octanol–water partition coefficient (Wildman–Crippen LogP) is 4.89. The van der Waals surface area contributed by atoms with Gasteiger partial charge < -0.3 is 34.6 Å². The number of nitriles is 1. The van der Waals surface area contributed by atoms with Crippen molar-refractivity contribution >= 4 is 23.4 Å². The third-order valence-electron chi connectivity index (χ3n) is 8.44. The van der Waals surface area contributed by atoms with Crippen molar-refractivity contribution in [3.63, 3.8) is 0 Å². The molecule has 0 spiro atoms. The number of aromatic nitrogens is 2. The fourth-order valence-electron chi connectivity index (χ4n) is 5.90. The lowest BCUT2D eigenvalue weighted by Crippen LogP contribution is -2.55. The molecule has 1 amide bonds. The Morgan fingerprint density at radius 2 is 1.70 bits per heavy atom. The second-order valence-electron chi connectivity index (χ2n) is 12.8. The average Bonchev–Trinajstić information content (AvgIpc) is 3.08. The van der Waals surface area contributed by atoms with E-state index in [1.54, 1.807) is 25.6 Å². The Labute approximate surface area is 277 Å². The van der Waals surface area contributed by atoms with E-state index in [4.69, 9.17) is 14.2 Å². The molecule has 2 aliphatic rings. The van der Waals surface area contributed by atoms with Crippen molar-refractivity contribution in [3.8, 4) is 28.7 Å². The highest BCUT2D eigenvalue weighted by atomic mass is 16.6. The van der Waals surface area contributed by atoms with E-state index in [-0.39, 0.29) is 6.09 Å². The number of hydrogen-bond donors (Lipinski definition) is 2. The SMILES string of the molecule is CNCCOc1cc(-c2cnc(Nc3ccc(N4CCC(N5CCN(C(=O)OC(C)(C)C)CC5)CC4)cc3OC)nc2)ccc1C#N. The van der Waals surface area contributed by atoms with Gasteiger partial charge in [-0.3, -0.25) is 4.90 Å². The van der Waals surface area contributed by atoms with Crippen molar-refractivity contribution in [2.75, 3.05) is 76.8 Å². The number of rotatable bonds is 10. The minimum absolute atomic E-state index is 0.217. The van der Waals surface area contributed by atoms with E-state index < -0.39 is 5.60 Å². The van der Waals surface area contributed by atoms with Gasteiger partial charge in [-0.25, -0.2) is 14.8 Å². The summed E-state index contributed by atoms with van der Waals surface area (Å²) in [6, 6.07) is 14.3. The standard InChI is InChI=1S/C35H46N8O4/c1-35(2,3)47-34(44)43-17-15-42(16-18-43)28-10-13-41(14-11-28)29-8-9-30(32(21-29)45-5)40-33-38-23-27(24-39-33)25-6-7-26(22-36)31(20-25)46-19-12-37-4/h6-9,20-21,23-24,28,37H,10-19H2,1-5H3,(H,38,39,40). The van der Waals surface area contributed by atoms with Crippen LogP contribution in [0, 0.1) is 11.3 Å². The molecule has 5 rings (SSSR count). The summed E-state index contributed by atoms with van der Waals surface area (Å²) in [6.07, 6.45) is 5.41. The minimum atomic E-state index is -0.474. The van der Waals surface area contributed by atoms with Gasteiger partial charge >= 0.3 is 6.09 Å². The molecule has 1 aromatic heterocycles. The smallest absolute Gasteiger partial charge is 0.410 e. The topological polar surface area (TPSA) is 128 Å². The average molecular weight is 643 g/mol. The summed E-state index contributed by atoms with van der Waals surface area (Å²) in [5, 5.41) is 15.8. The number of hydrogen-bond acceptors (Lipinski definition) is 11. The zero-order chi connectivity index (χ0) is 33.4. The number of ether oxygens (including phenoxy) is 3. The molecule has 0 atom stereocenters. The lowest BCUT2D eigenvalue weighted by molar-refractivity contribution is 0.00902. The molecule has 2 aromatic carbocycles. The molecule has 0 saturated carbocycles. The second-order valence-corrected chi connectivity index (χ2v) is 12.8. The van der Waals surface area contributed by atoms with Gasteiger partial charge in [0.05, 0.1) is 18.4 Å².